The summed E-state index contributed by atoms with van der Waals surface area (Å²) in [5, 5.41) is 18.8. The third-order valence-corrected chi connectivity index (χ3v) is 5.91. The third kappa shape index (κ3) is 2.30. The number of aliphatic hydroxyl groups excluding tert-OH is 1. The van der Waals surface area contributed by atoms with Crippen LogP contribution in [0, 0.1) is 12.7 Å². The molecule has 1 atom stereocenters. The van der Waals surface area contributed by atoms with Crippen molar-refractivity contribution in [2.24, 2.45) is 0 Å². The van der Waals surface area contributed by atoms with E-state index in [1.165, 1.54) is 6.07 Å². The summed E-state index contributed by atoms with van der Waals surface area (Å²) in [4.78, 5) is 25.8. The summed E-state index contributed by atoms with van der Waals surface area (Å²) < 4.78 is 16.2. The molecular formula is C19H21FN2O4. The lowest BCUT2D eigenvalue weighted by Gasteiger charge is -2.34. The molecule has 7 heteroatoms. The standard InChI is InChI=1S/C19H21FN2O4/c1-11-15-5-4-13(18(25)26)17(24)21(15)9-14(20)16(11)19(6-7-19)22-8-2-3-12(22)10-23/h4-5,9,12,23H,2-3,6-8,10H2,1H3,(H,25,26)/t12-/m1/s1. The predicted molar refractivity (Wildman–Crippen MR) is 93.0 cm³/mol. The van der Waals surface area contributed by atoms with Crippen molar-refractivity contribution in [3.63, 3.8) is 0 Å². The van der Waals surface area contributed by atoms with Crippen LogP contribution < -0.4 is 5.56 Å². The fourth-order valence-electron chi connectivity index (χ4n) is 4.59. The number of carboxylic acid groups (broad SMARTS) is 1. The Morgan fingerprint density at radius 1 is 1.38 bits per heavy atom. The summed E-state index contributed by atoms with van der Waals surface area (Å²) in [7, 11) is 0. The van der Waals surface area contributed by atoms with E-state index in [0.29, 0.717) is 16.6 Å². The number of rotatable bonds is 4. The van der Waals surface area contributed by atoms with Crippen molar-refractivity contribution in [2.45, 2.75) is 44.2 Å². The molecule has 2 aliphatic rings. The van der Waals surface area contributed by atoms with E-state index < -0.39 is 22.9 Å². The number of carbonyl (C=O) groups is 1. The maximum absolute atomic E-state index is 15.1. The van der Waals surface area contributed by atoms with E-state index >= 15 is 4.39 Å². The van der Waals surface area contributed by atoms with Gasteiger partial charge in [0.1, 0.15) is 11.4 Å². The number of aromatic nitrogens is 1. The topological polar surface area (TPSA) is 82.2 Å². The fraction of sp³-hybridized carbons (Fsp3) is 0.474. The van der Waals surface area contributed by atoms with Crippen molar-refractivity contribution in [3.8, 4) is 0 Å². The maximum Gasteiger partial charge on any atom is 0.341 e. The molecule has 2 aromatic rings. The zero-order valence-corrected chi connectivity index (χ0v) is 14.5. The highest BCUT2D eigenvalue weighted by Gasteiger charge is 2.54. The van der Waals surface area contributed by atoms with Gasteiger partial charge in [-0.1, -0.05) is 0 Å². The van der Waals surface area contributed by atoms with E-state index in [9.17, 15) is 14.7 Å². The Morgan fingerprint density at radius 2 is 2.12 bits per heavy atom. The van der Waals surface area contributed by atoms with Crippen LogP contribution in [0.2, 0.25) is 0 Å². The second kappa shape index (κ2) is 5.89. The smallest absolute Gasteiger partial charge is 0.341 e. The van der Waals surface area contributed by atoms with Gasteiger partial charge in [-0.2, -0.15) is 0 Å². The van der Waals surface area contributed by atoms with E-state index in [0.717, 1.165) is 42.8 Å². The first-order valence-electron chi connectivity index (χ1n) is 8.86. The number of likely N-dealkylation sites (tertiary alicyclic amines) is 1. The second-order valence-electron chi connectivity index (χ2n) is 7.29. The molecule has 0 aromatic carbocycles. The molecular weight excluding hydrogens is 339 g/mol. The zero-order chi connectivity index (χ0) is 18.6. The number of aliphatic hydroxyl groups is 1. The molecule has 2 N–H and O–H groups in total. The molecule has 1 saturated carbocycles. The monoisotopic (exact) mass is 360 g/mol. The summed E-state index contributed by atoms with van der Waals surface area (Å²) in [5.41, 5.74) is 0.196. The SMILES string of the molecule is Cc1c(C2(N3CCC[C@@H]3CO)CC2)c(F)cn2c(=O)c(C(=O)O)ccc12. The van der Waals surface area contributed by atoms with E-state index in [1.807, 2.05) is 0 Å². The number of hydrogen-bond acceptors (Lipinski definition) is 4. The molecule has 1 aliphatic heterocycles. The number of aromatic carboxylic acids is 1. The average molecular weight is 360 g/mol. The van der Waals surface area contributed by atoms with Gasteiger partial charge in [-0.15, -0.1) is 0 Å². The van der Waals surface area contributed by atoms with Crippen LogP contribution in [-0.2, 0) is 5.54 Å². The van der Waals surface area contributed by atoms with Gasteiger partial charge in [0.05, 0.1) is 12.1 Å². The number of fused-ring (bicyclic) bond motifs is 1. The average Bonchev–Trinajstić information content (AvgIpc) is 3.23. The quantitative estimate of drug-likeness (QED) is 0.870. The van der Waals surface area contributed by atoms with E-state index in [1.54, 1.807) is 13.0 Å². The van der Waals surface area contributed by atoms with Crippen LogP contribution in [-0.4, -0.2) is 44.7 Å². The Morgan fingerprint density at radius 3 is 2.73 bits per heavy atom. The largest absolute Gasteiger partial charge is 0.477 e. The van der Waals surface area contributed by atoms with Gasteiger partial charge in [-0.05, 0) is 56.8 Å². The zero-order valence-electron chi connectivity index (χ0n) is 14.5. The van der Waals surface area contributed by atoms with E-state index in [-0.39, 0.29) is 18.2 Å². The number of hydrogen-bond donors (Lipinski definition) is 2. The highest BCUT2D eigenvalue weighted by atomic mass is 19.1. The Kier molecular flexibility index (Phi) is 3.89. The second-order valence-corrected chi connectivity index (χ2v) is 7.29. The van der Waals surface area contributed by atoms with Gasteiger partial charge in [0.2, 0.25) is 0 Å². The first-order chi connectivity index (χ1) is 12.4. The van der Waals surface area contributed by atoms with Crippen LogP contribution >= 0.6 is 0 Å². The van der Waals surface area contributed by atoms with Crippen molar-refractivity contribution in [2.75, 3.05) is 13.2 Å². The van der Waals surface area contributed by atoms with Gasteiger partial charge < -0.3 is 10.2 Å². The molecule has 138 valence electrons. The summed E-state index contributed by atoms with van der Waals surface area (Å²) in [5.74, 6) is -1.83. The van der Waals surface area contributed by atoms with E-state index in [2.05, 4.69) is 4.90 Å². The van der Waals surface area contributed by atoms with Crippen molar-refractivity contribution >= 4 is 11.5 Å². The van der Waals surface area contributed by atoms with Gasteiger partial charge in [-0.3, -0.25) is 14.1 Å². The van der Waals surface area contributed by atoms with Gasteiger partial charge in [-0.25, -0.2) is 9.18 Å². The molecule has 3 heterocycles. The molecule has 0 unspecified atom stereocenters. The first kappa shape index (κ1) is 17.2. The highest BCUT2D eigenvalue weighted by molar-refractivity contribution is 5.87. The lowest BCUT2D eigenvalue weighted by molar-refractivity contribution is 0.0694. The first-order valence-corrected chi connectivity index (χ1v) is 8.86. The molecule has 0 bridgehead atoms. The van der Waals surface area contributed by atoms with Gasteiger partial charge in [0.25, 0.3) is 5.56 Å². The van der Waals surface area contributed by atoms with Crippen LogP contribution in [0.1, 0.15) is 47.2 Å². The Labute approximate surface area is 149 Å². The highest BCUT2D eigenvalue weighted by Crippen LogP contribution is 2.55. The van der Waals surface area contributed by atoms with Crippen molar-refractivity contribution in [1.82, 2.24) is 9.30 Å². The molecule has 4 rings (SSSR count). The molecule has 6 nitrogen and oxygen atoms in total. The minimum atomic E-state index is -1.33. The minimum absolute atomic E-state index is 0.0316. The van der Waals surface area contributed by atoms with E-state index in [4.69, 9.17) is 5.11 Å². The molecule has 0 spiro atoms. The predicted octanol–water partition coefficient (Wildman–Crippen LogP) is 1.89. The molecule has 1 saturated heterocycles. The van der Waals surface area contributed by atoms with Gasteiger partial charge >= 0.3 is 5.97 Å². The Hall–Kier alpha value is -2.25. The fourth-order valence-corrected chi connectivity index (χ4v) is 4.59. The minimum Gasteiger partial charge on any atom is -0.477 e. The van der Waals surface area contributed by atoms with Crippen molar-refractivity contribution < 1.29 is 19.4 Å². The van der Waals surface area contributed by atoms with Gasteiger partial charge in [0, 0.05) is 23.3 Å². The van der Waals surface area contributed by atoms with Gasteiger partial charge in [0.15, 0.2) is 0 Å². The number of halogens is 1. The molecule has 1 aliphatic carbocycles. The van der Waals surface area contributed by atoms with Crippen LogP contribution in [0.25, 0.3) is 5.52 Å². The van der Waals surface area contributed by atoms with Crippen LogP contribution in [0.3, 0.4) is 0 Å². The van der Waals surface area contributed by atoms with Crippen LogP contribution in [0.15, 0.2) is 23.1 Å². The molecule has 2 fully saturated rings. The lowest BCUT2D eigenvalue weighted by atomic mass is 9.96. The normalized spacial score (nSPS) is 22.0. The summed E-state index contributed by atoms with van der Waals surface area (Å²) >= 11 is 0. The van der Waals surface area contributed by atoms with Crippen LogP contribution in [0.5, 0.6) is 0 Å². The maximum atomic E-state index is 15.1. The number of carboxylic acids is 1. The van der Waals surface area contributed by atoms with Crippen molar-refractivity contribution in [1.29, 1.82) is 0 Å². The van der Waals surface area contributed by atoms with Crippen molar-refractivity contribution in [3.05, 3.63) is 51.2 Å². The lowest BCUT2D eigenvalue weighted by Crippen LogP contribution is -2.42. The number of nitrogens with zero attached hydrogens (tertiary/aromatic N) is 2. The molecule has 0 radical (unpaired) electrons. The summed E-state index contributed by atoms with van der Waals surface area (Å²) in [6, 6.07) is 2.87. The summed E-state index contributed by atoms with van der Waals surface area (Å²) in [6.07, 6.45) is 4.61. The Balaban J connectivity index is 1.91. The molecule has 0 amide bonds. The molecule has 26 heavy (non-hydrogen) atoms. The molecule has 2 aromatic heterocycles. The summed E-state index contributed by atoms with van der Waals surface area (Å²) in [6.45, 7) is 2.65. The van der Waals surface area contributed by atoms with Crippen LogP contribution in [0.4, 0.5) is 4.39 Å². The number of pyridine rings is 2. The number of aryl methyl sites for hydroxylation is 1. The third-order valence-electron chi connectivity index (χ3n) is 5.91. The Bertz CT molecular complexity index is 964.